The maximum atomic E-state index is 6.28. The molecule has 0 amide bonds. The summed E-state index contributed by atoms with van der Waals surface area (Å²) in [5, 5.41) is 5.40. The Morgan fingerprint density at radius 2 is 2.16 bits per heavy atom. The van der Waals surface area contributed by atoms with Gasteiger partial charge in [0, 0.05) is 23.1 Å². The summed E-state index contributed by atoms with van der Waals surface area (Å²) in [6, 6.07) is 5.51. The molecule has 0 fully saturated rings. The summed E-state index contributed by atoms with van der Waals surface area (Å²) in [4.78, 5) is 3.96. The molecule has 0 aliphatic rings. The summed E-state index contributed by atoms with van der Waals surface area (Å²) in [5.41, 5.74) is 0.996. The van der Waals surface area contributed by atoms with Gasteiger partial charge < -0.3 is 4.74 Å². The highest BCUT2D eigenvalue weighted by atomic mass is 35.5. The third-order valence-electron chi connectivity index (χ3n) is 3.08. The zero-order valence-electron chi connectivity index (χ0n) is 10.8. The van der Waals surface area contributed by atoms with Crippen LogP contribution in [0.2, 0.25) is 10.0 Å². The van der Waals surface area contributed by atoms with Gasteiger partial charge in [-0.1, -0.05) is 36.2 Å². The minimum absolute atomic E-state index is 0.0801. The van der Waals surface area contributed by atoms with E-state index in [1.165, 1.54) is 6.33 Å². The van der Waals surface area contributed by atoms with Crippen LogP contribution in [0.1, 0.15) is 31.1 Å². The van der Waals surface area contributed by atoms with E-state index < -0.39 is 0 Å². The number of hydrogen-bond donors (Lipinski definition) is 0. The van der Waals surface area contributed by atoms with Crippen molar-refractivity contribution >= 4 is 23.2 Å². The van der Waals surface area contributed by atoms with Crippen molar-refractivity contribution in [1.82, 2.24) is 14.8 Å². The molecule has 2 rings (SSSR count). The Kier molecular flexibility index (Phi) is 4.80. The molecule has 0 bridgehead atoms. The van der Waals surface area contributed by atoms with Crippen molar-refractivity contribution in [3.63, 3.8) is 0 Å². The number of rotatable bonds is 5. The summed E-state index contributed by atoms with van der Waals surface area (Å²) in [7, 11) is 1.65. The molecule has 1 aromatic heterocycles. The monoisotopic (exact) mass is 299 g/mol. The molecule has 102 valence electrons. The summed E-state index contributed by atoms with van der Waals surface area (Å²) < 4.78 is 7.25. The number of nitrogens with zero attached hydrogens (tertiary/aromatic N) is 3. The third-order valence-corrected chi connectivity index (χ3v) is 3.65. The topological polar surface area (TPSA) is 39.9 Å². The normalized spacial score (nSPS) is 14.3. The smallest absolute Gasteiger partial charge is 0.158 e. The van der Waals surface area contributed by atoms with Gasteiger partial charge in [0.15, 0.2) is 6.23 Å². The number of ether oxygens (including phenoxy) is 1. The minimum atomic E-state index is -0.244. The van der Waals surface area contributed by atoms with Gasteiger partial charge in [0.25, 0.3) is 0 Å². The first-order valence-corrected chi connectivity index (χ1v) is 6.74. The molecule has 4 nitrogen and oxygen atoms in total. The zero-order valence-corrected chi connectivity index (χ0v) is 12.3. The van der Waals surface area contributed by atoms with Crippen LogP contribution in [0.5, 0.6) is 0 Å². The lowest BCUT2D eigenvalue weighted by molar-refractivity contribution is 0.00921. The molecule has 0 aliphatic heterocycles. The van der Waals surface area contributed by atoms with E-state index in [2.05, 4.69) is 17.0 Å². The van der Waals surface area contributed by atoms with Crippen molar-refractivity contribution in [2.24, 2.45) is 0 Å². The average Bonchev–Trinajstić information content (AvgIpc) is 2.90. The molecule has 0 saturated carbocycles. The van der Waals surface area contributed by atoms with Gasteiger partial charge in [0.1, 0.15) is 12.7 Å². The number of hydrogen-bond acceptors (Lipinski definition) is 3. The number of halogens is 2. The first-order valence-electron chi connectivity index (χ1n) is 5.99. The SMILES string of the molecule is CCC(c1ccc(Cl)cc1Cl)C(OC)n1cncn1. The molecule has 2 atom stereocenters. The second-order valence-corrected chi connectivity index (χ2v) is 5.03. The average molecular weight is 300 g/mol. The molecule has 19 heavy (non-hydrogen) atoms. The molecule has 0 aliphatic carbocycles. The van der Waals surface area contributed by atoms with Crippen LogP contribution in [0.4, 0.5) is 0 Å². The standard InChI is InChI=1S/C13H15Cl2N3O/c1-3-10(11-5-4-9(14)6-12(11)15)13(19-2)18-8-16-7-17-18/h4-8,10,13H,3H2,1-2H3. The predicted octanol–water partition coefficient (Wildman–Crippen LogP) is 3.92. The third kappa shape index (κ3) is 3.08. The lowest BCUT2D eigenvalue weighted by atomic mass is 9.94. The fourth-order valence-electron chi connectivity index (χ4n) is 2.18. The number of benzene rings is 1. The van der Waals surface area contributed by atoms with Crippen LogP contribution in [0.25, 0.3) is 0 Å². The van der Waals surface area contributed by atoms with E-state index >= 15 is 0 Å². The van der Waals surface area contributed by atoms with Gasteiger partial charge in [0.05, 0.1) is 0 Å². The molecular weight excluding hydrogens is 285 g/mol. The van der Waals surface area contributed by atoms with E-state index in [0.29, 0.717) is 10.0 Å². The van der Waals surface area contributed by atoms with Crippen molar-refractivity contribution in [2.45, 2.75) is 25.5 Å². The largest absolute Gasteiger partial charge is 0.359 e. The molecule has 0 spiro atoms. The first-order chi connectivity index (χ1) is 9.17. The fourth-order valence-corrected chi connectivity index (χ4v) is 2.73. The van der Waals surface area contributed by atoms with E-state index in [-0.39, 0.29) is 12.1 Å². The molecule has 2 aromatic rings. The summed E-state index contributed by atoms with van der Waals surface area (Å²) in [5.74, 6) is 0.0801. The van der Waals surface area contributed by atoms with Crippen LogP contribution >= 0.6 is 23.2 Å². The molecular formula is C13H15Cl2N3O. The van der Waals surface area contributed by atoms with Gasteiger partial charge in [-0.3, -0.25) is 0 Å². The molecule has 2 unspecified atom stereocenters. The summed E-state index contributed by atoms with van der Waals surface area (Å²) in [6.45, 7) is 2.08. The van der Waals surface area contributed by atoms with Gasteiger partial charge in [0.2, 0.25) is 0 Å². The Morgan fingerprint density at radius 1 is 1.37 bits per heavy atom. The van der Waals surface area contributed by atoms with Crippen molar-refractivity contribution in [1.29, 1.82) is 0 Å². The van der Waals surface area contributed by atoms with Crippen LogP contribution in [-0.4, -0.2) is 21.9 Å². The van der Waals surface area contributed by atoms with Gasteiger partial charge in [-0.2, -0.15) is 5.10 Å². The fraction of sp³-hybridized carbons (Fsp3) is 0.385. The molecule has 0 saturated heterocycles. The quantitative estimate of drug-likeness (QED) is 0.840. The highest BCUT2D eigenvalue weighted by molar-refractivity contribution is 6.35. The second kappa shape index (κ2) is 6.37. The maximum absolute atomic E-state index is 6.28. The predicted molar refractivity (Wildman–Crippen MR) is 75.6 cm³/mol. The summed E-state index contributed by atoms with van der Waals surface area (Å²) in [6.07, 6.45) is 3.74. The van der Waals surface area contributed by atoms with E-state index in [1.54, 1.807) is 24.2 Å². The Hall–Kier alpha value is -1.10. The van der Waals surface area contributed by atoms with Crippen LogP contribution in [0.3, 0.4) is 0 Å². The Balaban J connectivity index is 2.37. The molecule has 1 aromatic carbocycles. The maximum Gasteiger partial charge on any atom is 0.158 e. The number of methoxy groups -OCH3 is 1. The van der Waals surface area contributed by atoms with Gasteiger partial charge in [-0.25, -0.2) is 9.67 Å². The van der Waals surface area contributed by atoms with Crippen LogP contribution in [-0.2, 0) is 4.74 Å². The van der Waals surface area contributed by atoms with E-state index in [4.69, 9.17) is 27.9 Å². The van der Waals surface area contributed by atoms with Gasteiger partial charge >= 0.3 is 0 Å². The van der Waals surface area contributed by atoms with Gasteiger partial charge in [-0.05, 0) is 24.1 Å². The Bertz CT molecular complexity index is 531. The van der Waals surface area contributed by atoms with Crippen LogP contribution < -0.4 is 0 Å². The second-order valence-electron chi connectivity index (χ2n) is 4.18. The van der Waals surface area contributed by atoms with E-state index in [0.717, 1.165) is 12.0 Å². The van der Waals surface area contributed by atoms with Crippen molar-refractivity contribution in [2.75, 3.05) is 7.11 Å². The van der Waals surface area contributed by atoms with Crippen molar-refractivity contribution < 1.29 is 4.74 Å². The first kappa shape index (κ1) is 14.3. The lowest BCUT2D eigenvalue weighted by Crippen LogP contribution is -2.20. The zero-order chi connectivity index (χ0) is 13.8. The van der Waals surface area contributed by atoms with Crippen molar-refractivity contribution in [3.8, 4) is 0 Å². The van der Waals surface area contributed by atoms with Gasteiger partial charge in [-0.15, -0.1) is 0 Å². The van der Waals surface area contributed by atoms with Crippen LogP contribution in [0, 0.1) is 0 Å². The Labute approximate surface area is 122 Å². The molecule has 1 heterocycles. The van der Waals surface area contributed by atoms with E-state index in [9.17, 15) is 0 Å². The molecule has 0 radical (unpaired) electrons. The number of aromatic nitrogens is 3. The highest BCUT2D eigenvalue weighted by Crippen LogP contribution is 2.36. The van der Waals surface area contributed by atoms with Crippen LogP contribution in [0.15, 0.2) is 30.9 Å². The lowest BCUT2D eigenvalue weighted by Gasteiger charge is -2.26. The summed E-state index contributed by atoms with van der Waals surface area (Å²) >= 11 is 12.2. The Morgan fingerprint density at radius 3 is 2.68 bits per heavy atom. The highest BCUT2D eigenvalue weighted by Gasteiger charge is 2.25. The van der Waals surface area contributed by atoms with Crippen molar-refractivity contribution in [3.05, 3.63) is 46.5 Å². The molecule has 0 N–H and O–H groups in total. The molecule has 6 heteroatoms. The van der Waals surface area contributed by atoms with E-state index in [1.807, 2.05) is 12.1 Å². The minimum Gasteiger partial charge on any atom is -0.359 e.